The molecule has 0 unspecified atom stereocenters. The first-order chi connectivity index (χ1) is 12.9. The van der Waals surface area contributed by atoms with Gasteiger partial charge in [-0.2, -0.15) is 0 Å². The van der Waals surface area contributed by atoms with Gasteiger partial charge in [-0.05, 0) is 55.1 Å². The van der Waals surface area contributed by atoms with E-state index in [-0.39, 0.29) is 113 Å². The van der Waals surface area contributed by atoms with Gasteiger partial charge in [0.05, 0.1) is 6.54 Å². The summed E-state index contributed by atoms with van der Waals surface area (Å²) < 4.78 is 7.25. The number of nitrogens with zero attached hydrogens (tertiary/aromatic N) is 9. The van der Waals surface area contributed by atoms with Crippen LogP contribution in [0, 0.1) is 0 Å². The summed E-state index contributed by atoms with van der Waals surface area (Å²) in [6.07, 6.45) is 20.2. The maximum absolute atomic E-state index is 4.42. The predicted octanol–water partition coefficient (Wildman–Crippen LogP) is -5.23. The van der Waals surface area contributed by atoms with Crippen molar-refractivity contribution in [3.63, 3.8) is 0 Å². The second-order valence-corrected chi connectivity index (χ2v) is 5.58. The Balaban J connectivity index is 0.000000831. The average molecular weight is 436 g/mol. The Bertz CT molecular complexity index is 820. The quantitative estimate of drug-likeness (QED) is 0.300. The molecule has 0 bridgehead atoms. The summed E-state index contributed by atoms with van der Waals surface area (Å²) >= 11 is 0. The van der Waals surface area contributed by atoms with Crippen molar-refractivity contribution in [3.05, 3.63) is 86.0 Å². The maximum atomic E-state index is 4.42. The summed E-state index contributed by atoms with van der Waals surface area (Å²) in [5, 5.41) is 17.7. The average Bonchev–Trinajstić information content (AvgIpc) is 3.53. The van der Waals surface area contributed by atoms with Gasteiger partial charge in [0.1, 0.15) is 0 Å². The number of rotatable bonds is 4. The van der Waals surface area contributed by atoms with Gasteiger partial charge in [-0.25, -0.2) is 20.4 Å². The molecule has 5 heterocycles. The molecular weight excluding hydrogens is 418 g/mol. The van der Waals surface area contributed by atoms with Crippen LogP contribution in [-0.2, 0) is 0 Å². The molecule has 0 aliphatic carbocycles. The number of hydrogen-bond donors (Lipinski definition) is 0. The molecule has 3 radical (unpaired) electrons. The van der Waals surface area contributed by atoms with Gasteiger partial charge in [0, 0.05) is 39.4 Å². The molecule has 9 nitrogen and oxygen atoms in total. The second-order valence-electron chi connectivity index (χ2n) is 5.58. The van der Waals surface area contributed by atoms with E-state index in [2.05, 4.69) is 25.4 Å². The Labute approximate surface area is 257 Å². The predicted molar refractivity (Wildman–Crippen MR) is 106 cm³/mol. The molecule has 0 N–H and O–H groups in total. The molecule has 0 fully saturated rings. The van der Waals surface area contributed by atoms with Crippen LogP contribution < -0.4 is 103 Å². The van der Waals surface area contributed by atoms with Crippen molar-refractivity contribution in [3.8, 4) is 0 Å². The molecule has 0 spiro atoms. The molecule has 0 aromatic carbocycles. The molecule has 0 amide bonds. The fourth-order valence-electron chi connectivity index (χ4n) is 2.97. The van der Waals surface area contributed by atoms with Crippen LogP contribution in [0.25, 0.3) is 0 Å². The van der Waals surface area contributed by atoms with E-state index in [4.69, 9.17) is 0 Å². The van der Waals surface area contributed by atoms with Gasteiger partial charge in [-0.3, -0.25) is 4.99 Å². The van der Waals surface area contributed by atoms with Crippen molar-refractivity contribution in [1.82, 2.24) is 38.8 Å². The zero-order valence-corrected chi connectivity index (χ0v) is 22.8. The summed E-state index contributed by atoms with van der Waals surface area (Å²) in [5.74, 6) is 0. The summed E-state index contributed by atoms with van der Waals surface area (Å²) in [7, 11) is 0. The van der Waals surface area contributed by atoms with E-state index < -0.39 is 6.69 Å². The van der Waals surface area contributed by atoms with E-state index in [9.17, 15) is 0 Å². The van der Waals surface area contributed by atoms with Gasteiger partial charge < -0.3 is 19.8 Å². The monoisotopic (exact) mass is 436 g/mol. The summed E-state index contributed by atoms with van der Waals surface area (Å²) in [6.45, 7) is -0.944. The van der Waals surface area contributed by atoms with Crippen LogP contribution in [0.3, 0.4) is 0 Å². The fourth-order valence-corrected chi connectivity index (χ4v) is 2.97. The van der Waals surface area contributed by atoms with Crippen molar-refractivity contribution < 1.29 is 104 Å². The van der Waals surface area contributed by atoms with E-state index in [1.54, 1.807) is 31.0 Å². The van der Waals surface area contributed by atoms with Gasteiger partial charge in [-0.15, -0.1) is 0 Å². The van der Waals surface area contributed by atoms with Gasteiger partial charge in [0.25, 0.3) is 0 Å². The Morgan fingerprint density at radius 2 is 1.03 bits per heavy atom. The van der Waals surface area contributed by atoms with Crippen LogP contribution >= 0.6 is 0 Å². The summed E-state index contributed by atoms with van der Waals surface area (Å²) in [5.41, 5.74) is 0. The first-order valence-corrected chi connectivity index (χ1v) is 8.21. The molecule has 1 aliphatic rings. The van der Waals surface area contributed by atoms with E-state index >= 15 is 0 Å². The topological polar surface area (TPSA) is 83.6 Å². The van der Waals surface area contributed by atoms with E-state index in [0.717, 1.165) is 6.54 Å². The molecule has 135 valence electrons. The molecule has 0 saturated heterocycles. The minimum Gasteiger partial charge on any atom is -1.00 e. The minimum absolute atomic E-state index is 0. The number of hydrogen-bond acceptors (Lipinski definition) is 5. The van der Waals surface area contributed by atoms with Gasteiger partial charge >= 0.3 is 109 Å². The van der Waals surface area contributed by atoms with E-state index in [0.29, 0.717) is 0 Å². The zero-order valence-electron chi connectivity index (χ0n) is 17.5. The van der Waals surface area contributed by atoms with Crippen molar-refractivity contribution in [2.24, 2.45) is 4.99 Å². The first kappa shape index (κ1) is 26.7. The second kappa shape index (κ2) is 13.1. The smallest absolute Gasteiger partial charge is 1.00 e. The summed E-state index contributed by atoms with van der Waals surface area (Å²) in [6, 6.07) is 7.47. The normalized spacial score (nSPS) is 11.6. The minimum atomic E-state index is -1.83. The van der Waals surface area contributed by atoms with Crippen molar-refractivity contribution in [1.29, 1.82) is 0 Å². The van der Waals surface area contributed by atoms with Crippen LogP contribution in [0.15, 0.2) is 91.0 Å². The molecule has 29 heavy (non-hydrogen) atoms. The third-order valence-electron chi connectivity index (χ3n) is 4.06. The third kappa shape index (κ3) is 5.67. The molecule has 13 heteroatoms. The first-order valence-electron chi connectivity index (χ1n) is 8.21. The van der Waals surface area contributed by atoms with Crippen molar-refractivity contribution in [2.75, 3.05) is 6.54 Å². The van der Waals surface area contributed by atoms with Crippen LogP contribution in [-0.4, -0.2) is 66.6 Å². The third-order valence-corrected chi connectivity index (χ3v) is 4.06. The van der Waals surface area contributed by atoms with E-state index in [1.165, 1.54) is 0 Å². The Morgan fingerprint density at radius 3 is 1.21 bits per heavy atom. The Morgan fingerprint density at radius 1 is 0.655 bits per heavy atom. The molecule has 0 saturated carbocycles. The Hall–Kier alpha value is -0.347. The van der Waals surface area contributed by atoms with Gasteiger partial charge in [0.2, 0.25) is 0 Å². The molecule has 5 rings (SSSR count). The van der Waals surface area contributed by atoms with E-state index in [1.807, 2.05) is 79.6 Å². The van der Waals surface area contributed by atoms with Gasteiger partial charge in [0.15, 0.2) is 0 Å². The molecular formula is C16H18B2K2N9. The standard InChI is InChI=1S/C12H12BN8.C4H5N.B.2K.H/c1-5-14-18(9-1)13(19-10-2-6-15-19,20-11-3-7-16-20)21-12-4-8-17-21;1-2-4-5-3-1;;;;/h1-12H;1-3H,4H2;;;;/q-1;;;2*+1;-1. The van der Waals surface area contributed by atoms with Gasteiger partial charge in [-0.1, -0.05) is 6.08 Å². The Kier molecular flexibility index (Phi) is 12.1. The number of aliphatic imine (C=N–C) groups is 1. The SMILES string of the molecule is C1=CCN=C1.[B].[H-].[K+].[K+].c1cnn([B-](n2cccn2)(n2cccn2)n2cccn2)c1. The van der Waals surface area contributed by atoms with Crippen LogP contribution in [0.4, 0.5) is 0 Å². The fraction of sp³-hybridized carbons (Fsp3) is 0.0625. The molecule has 1 aliphatic heterocycles. The number of aromatic nitrogens is 8. The maximum Gasteiger partial charge on any atom is 1.00 e. The largest absolute Gasteiger partial charge is 1.00 e. The van der Waals surface area contributed by atoms with Crippen LogP contribution in [0.1, 0.15) is 1.43 Å². The van der Waals surface area contributed by atoms with Crippen molar-refractivity contribution in [2.45, 2.75) is 0 Å². The summed E-state index contributed by atoms with van der Waals surface area (Å²) in [4.78, 5) is 3.85. The molecule has 4 aromatic heterocycles. The van der Waals surface area contributed by atoms with Crippen molar-refractivity contribution >= 4 is 21.3 Å². The number of allylic oxidation sites excluding steroid dienone is 1. The van der Waals surface area contributed by atoms with Crippen LogP contribution in [0.5, 0.6) is 0 Å². The zero-order chi connectivity index (χ0) is 17.7. The molecule has 0 atom stereocenters. The molecule has 4 aromatic rings. The van der Waals surface area contributed by atoms with Crippen LogP contribution in [0.2, 0.25) is 0 Å².